The van der Waals surface area contributed by atoms with Crippen LogP contribution in [-0.4, -0.2) is 34.7 Å². The van der Waals surface area contributed by atoms with Crippen molar-refractivity contribution >= 4 is 9.84 Å². The molecule has 0 N–H and O–H groups in total. The van der Waals surface area contributed by atoms with Crippen LogP contribution in [0, 0.1) is 5.41 Å². The van der Waals surface area contributed by atoms with Gasteiger partial charge in [-0.25, -0.2) is 8.42 Å². The molecule has 3 fully saturated rings. The molecule has 1 aromatic carbocycles. The topological polar surface area (TPSA) is 64.8 Å². The summed E-state index contributed by atoms with van der Waals surface area (Å²) in [5, 5.41) is 8.63. The lowest BCUT2D eigenvalue weighted by Crippen LogP contribution is -2.45. The molecule has 0 unspecified atom stereocenters. The first-order valence-electron chi connectivity index (χ1n) is 11.8. The molecular formula is C24H32F3N3O2S. The monoisotopic (exact) mass is 483 g/mol. The van der Waals surface area contributed by atoms with Crippen LogP contribution in [0.5, 0.6) is 0 Å². The van der Waals surface area contributed by atoms with Crippen LogP contribution in [0.3, 0.4) is 0 Å². The van der Waals surface area contributed by atoms with Crippen molar-refractivity contribution in [2.24, 2.45) is 12.5 Å². The predicted molar refractivity (Wildman–Crippen MR) is 121 cm³/mol. The number of alkyl halides is 3. The van der Waals surface area contributed by atoms with Crippen LogP contribution >= 0.6 is 0 Å². The number of fused-ring (bicyclic) bond motifs is 3. The molecule has 3 aliphatic rings. The van der Waals surface area contributed by atoms with Crippen molar-refractivity contribution in [1.82, 2.24) is 14.8 Å². The van der Waals surface area contributed by atoms with Crippen molar-refractivity contribution in [1.29, 1.82) is 0 Å². The van der Waals surface area contributed by atoms with Gasteiger partial charge in [-0.3, -0.25) is 0 Å². The highest BCUT2D eigenvalue weighted by molar-refractivity contribution is 7.91. The number of sulfone groups is 1. The second-order valence-electron chi connectivity index (χ2n) is 9.92. The molecule has 0 atom stereocenters. The van der Waals surface area contributed by atoms with E-state index >= 15 is 0 Å². The average molecular weight is 484 g/mol. The van der Waals surface area contributed by atoms with Crippen LogP contribution in [0.15, 0.2) is 24.3 Å². The van der Waals surface area contributed by atoms with Gasteiger partial charge in [0.25, 0.3) is 0 Å². The minimum Gasteiger partial charge on any atom is -0.314 e. The Balaban J connectivity index is 1.48. The van der Waals surface area contributed by atoms with E-state index in [1.165, 1.54) is 12.1 Å². The van der Waals surface area contributed by atoms with Gasteiger partial charge in [-0.15, -0.1) is 10.2 Å². The first-order chi connectivity index (χ1) is 15.5. The fourth-order valence-electron chi connectivity index (χ4n) is 5.89. The van der Waals surface area contributed by atoms with Crippen molar-refractivity contribution in [2.45, 2.75) is 76.3 Å². The molecule has 33 heavy (non-hydrogen) atoms. The number of hydrogen-bond donors (Lipinski definition) is 0. The molecule has 0 saturated heterocycles. The predicted octanol–water partition coefficient (Wildman–Crippen LogP) is 5.70. The highest BCUT2D eigenvalue weighted by Crippen LogP contribution is 2.59. The largest absolute Gasteiger partial charge is 0.417 e. The summed E-state index contributed by atoms with van der Waals surface area (Å²) in [7, 11) is -1.14. The number of rotatable bonds is 8. The Hall–Kier alpha value is -1.90. The average Bonchev–Trinajstić information content (AvgIpc) is 3.19. The molecule has 3 saturated carbocycles. The van der Waals surface area contributed by atoms with E-state index < -0.39 is 21.6 Å². The molecule has 2 aromatic rings. The van der Waals surface area contributed by atoms with Crippen LogP contribution in [0.2, 0.25) is 0 Å². The fraction of sp³-hybridized carbons (Fsp3) is 0.667. The number of hydrogen-bond acceptors (Lipinski definition) is 4. The summed E-state index contributed by atoms with van der Waals surface area (Å²) in [5.41, 5.74) is -0.505. The lowest BCUT2D eigenvalue weighted by Gasteiger charge is -2.53. The van der Waals surface area contributed by atoms with Crippen molar-refractivity contribution < 1.29 is 21.6 Å². The summed E-state index contributed by atoms with van der Waals surface area (Å²) in [6.07, 6.45) is 4.24. The van der Waals surface area contributed by atoms with Crippen molar-refractivity contribution in [3.63, 3.8) is 0 Å². The van der Waals surface area contributed by atoms with Crippen LogP contribution < -0.4 is 0 Å². The highest BCUT2D eigenvalue weighted by Gasteiger charge is 2.51. The van der Waals surface area contributed by atoms with Crippen molar-refractivity contribution in [3.8, 4) is 11.4 Å². The lowest BCUT2D eigenvalue weighted by atomic mass is 9.52. The van der Waals surface area contributed by atoms with Crippen LogP contribution in [-0.2, 0) is 28.5 Å². The van der Waals surface area contributed by atoms with E-state index in [4.69, 9.17) is 0 Å². The van der Waals surface area contributed by atoms with E-state index in [9.17, 15) is 21.6 Å². The Kier molecular flexibility index (Phi) is 6.39. The number of aromatic nitrogens is 3. The van der Waals surface area contributed by atoms with Gasteiger partial charge in [0.15, 0.2) is 5.82 Å². The van der Waals surface area contributed by atoms with Gasteiger partial charge in [-0.2, -0.15) is 13.2 Å². The summed E-state index contributed by atoms with van der Waals surface area (Å²) in [4.78, 5) is 0. The second-order valence-corrected chi connectivity index (χ2v) is 12.4. The van der Waals surface area contributed by atoms with Crippen LogP contribution in [0.4, 0.5) is 13.2 Å². The molecule has 5 nitrogen and oxygen atoms in total. The summed E-state index contributed by atoms with van der Waals surface area (Å²) >= 11 is 0. The Morgan fingerprint density at radius 1 is 1.00 bits per heavy atom. The van der Waals surface area contributed by atoms with E-state index in [1.807, 2.05) is 0 Å². The second kappa shape index (κ2) is 8.71. The van der Waals surface area contributed by atoms with E-state index in [2.05, 4.69) is 10.2 Å². The molecule has 3 aliphatic carbocycles. The fourth-order valence-corrected chi connectivity index (χ4v) is 6.82. The lowest BCUT2D eigenvalue weighted by molar-refractivity contribution is -0.137. The maximum Gasteiger partial charge on any atom is 0.417 e. The summed E-state index contributed by atoms with van der Waals surface area (Å²) in [6, 6.07) is 5.53. The number of nitrogens with zero attached hydrogens (tertiary/aromatic N) is 3. The smallest absolute Gasteiger partial charge is 0.314 e. The number of benzene rings is 1. The van der Waals surface area contributed by atoms with Crippen LogP contribution in [0.25, 0.3) is 11.4 Å². The Labute approximate surface area is 193 Å². The van der Waals surface area contributed by atoms with E-state index in [0.29, 0.717) is 6.42 Å². The van der Waals surface area contributed by atoms with Gasteiger partial charge >= 0.3 is 6.18 Å². The minimum absolute atomic E-state index is 0.0608. The molecule has 1 aromatic heterocycles. The zero-order chi connectivity index (χ0) is 23.9. The number of halogens is 3. The molecule has 0 radical (unpaired) electrons. The van der Waals surface area contributed by atoms with Gasteiger partial charge in [0.2, 0.25) is 0 Å². The quantitative estimate of drug-likeness (QED) is 0.452. The van der Waals surface area contributed by atoms with E-state index in [1.54, 1.807) is 24.6 Å². The third kappa shape index (κ3) is 4.70. The zero-order valence-electron chi connectivity index (χ0n) is 19.3. The molecule has 9 heteroatoms. The summed E-state index contributed by atoms with van der Waals surface area (Å²) in [6.45, 7) is 1.69. The van der Waals surface area contributed by atoms with Gasteiger partial charge in [0, 0.05) is 23.8 Å². The Bertz CT molecular complexity index is 1080. The Morgan fingerprint density at radius 2 is 1.64 bits per heavy atom. The third-order valence-electron chi connectivity index (χ3n) is 8.08. The van der Waals surface area contributed by atoms with E-state index in [0.717, 1.165) is 63.3 Å². The molecular weight excluding hydrogens is 451 g/mol. The van der Waals surface area contributed by atoms with Gasteiger partial charge in [0.05, 0.1) is 11.3 Å². The first-order valence-corrected chi connectivity index (χ1v) is 13.6. The normalized spacial score (nSPS) is 25.5. The zero-order valence-corrected chi connectivity index (χ0v) is 20.1. The van der Waals surface area contributed by atoms with Crippen molar-refractivity contribution in [3.05, 3.63) is 35.7 Å². The molecule has 1 heterocycles. The molecule has 2 bridgehead atoms. The molecule has 5 rings (SSSR count). The van der Waals surface area contributed by atoms with Gasteiger partial charge in [0.1, 0.15) is 15.7 Å². The van der Waals surface area contributed by atoms with Gasteiger partial charge in [-0.05, 0) is 62.8 Å². The highest BCUT2D eigenvalue weighted by atomic mass is 32.2. The molecule has 182 valence electrons. The maximum absolute atomic E-state index is 13.5. The van der Waals surface area contributed by atoms with Crippen LogP contribution in [0.1, 0.15) is 76.1 Å². The number of unbranched alkanes of at least 4 members (excludes halogenated alkanes) is 1. The third-order valence-corrected chi connectivity index (χ3v) is 9.87. The maximum atomic E-state index is 13.5. The molecule has 0 amide bonds. The van der Waals surface area contributed by atoms with Gasteiger partial charge in [-0.1, -0.05) is 31.5 Å². The first kappa shape index (κ1) is 24.2. The van der Waals surface area contributed by atoms with E-state index in [-0.39, 0.29) is 33.7 Å². The minimum atomic E-state index is -4.45. The molecule has 0 aliphatic heterocycles. The van der Waals surface area contributed by atoms with Crippen molar-refractivity contribution in [2.75, 3.05) is 11.5 Å². The SMILES string of the molecule is CCS(=O)(=O)CCCCC12CCC(c3nnc(-c4ccccc4C(F)(F)F)n3C)(CC1)CC2. The standard InChI is InChI=1S/C24H32F3N3O2S/c1-3-33(31,32)17-7-6-10-22-11-14-23(15-12-22,16-13-22)21-29-28-20(30(21)2)18-8-4-5-9-19(18)24(25,26)27/h4-5,8-9H,3,6-7,10-17H2,1-2H3. The Morgan fingerprint density at radius 3 is 2.24 bits per heavy atom. The summed E-state index contributed by atoms with van der Waals surface area (Å²) in [5.74, 6) is 1.52. The molecule has 0 spiro atoms. The summed E-state index contributed by atoms with van der Waals surface area (Å²) < 4.78 is 65.9. The van der Waals surface area contributed by atoms with Gasteiger partial charge < -0.3 is 4.57 Å².